The van der Waals surface area contributed by atoms with Crippen LogP contribution in [0, 0.1) is 11.3 Å². The van der Waals surface area contributed by atoms with E-state index >= 15 is 0 Å². The average Bonchev–Trinajstić information content (AvgIpc) is 2.92. The lowest BCUT2D eigenvalue weighted by Gasteiger charge is -2.34. The molecule has 1 aromatic heterocycles. The molecule has 11 heteroatoms. The topological polar surface area (TPSA) is 126 Å². The number of halogens is 1. The summed E-state index contributed by atoms with van der Waals surface area (Å²) in [6.07, 6.45) is 1.80. The maximum absolute atomic E-state index is 13.1. The molecule has 38 heavy (non-hydrogen) atoms. The minimum atomic E-state index is -0.579. The van der Waals surface area contributed by atoms with E-state index in [1.54, 1.807) is 24.0 Å². The van der Waals surface area contributed by atoms with E-state index < -0.39 is 11.7 Å². The van der Waals surface area contributed by atoms with Gasteiger partial charge in [-0.15, -0.1) is 0 Å². The van der Waals surface area contributed by atoms with Crippen LogP contribution in [0.2, 0.25) is 5.02 Å². The molecule has 4 rings (SSSR count). The molecule has 2 heterocycles. The van der Waals surface area contributed by atoms with Crippen LogP contribution in [0.3, 0.4) is 0 Å². The summed E-state index contributed by atoms with van der Waals surface area (Å²) in [4.78, 5) is 52.9. The number of hydrogen-bond donors (Lipinski definition) is 1. The van der Waals surface area contributed by atoms with Crippen molar-refractivity contribution in [1.82, 2.24) is 19.4 Å². The molecular weight excluding hydrogens is 510 g/mol. The number of aromatic nitrogens is 2. The number of rotatable bonds is 6. The SMILES string of the molecule is CCn1c(=O)c2cc(OC(=O)N3CCCCC3CNC(=O)c3ccc(C#N)c(Cl)c3)ccc2n(CC)c1=O. The van der Waals surface area contributed by atoms with Gasteiger partial charge in [0, 0.05) is 31.7 Å². The van der Waals surface area contributed by atoms with E-state index in [1.807, 2.05) is 13.0 Å². The van der Waals surface area contributed by atoms with E-state index in [0.29, 0.717) is 36.0 Å². The molecule has 1 saturated heterocycles. The van der Waals surface area contributed by atoms with Crippen LogP contribution < -0.4 is 21.3 Å². The van der Waals surface area contributed by atoms with Gasteiger partial charge in [0.05, 0.1) is 27.5 Å². The number of benzene rings is 2. The van der Waals surface area contributed by atoms with Crippen LogP contribution >= 0.6 is 11.6 Å². The Labute approximate surface area is 224 Å². The van der Waals surface area contributed by atoms with E-state index in [0.717, 1.165) is 17.4 Å². The van der Waals surface area contributed by atoms with Gasteiger partial charge < -0.3 is 15.0 Å². The predicted molar refractivity (Wildman–Crippen MR) is 143 cm³/mol. The lowest BCUT2D eigenvalue weighted by atomic mass is 10.0. The number of amides is 2. The number of hydrogen-bond acceptors (Lipinski definition) is 6. The highest BCUT2D eigenvalue weighted by atomic mass is 35.5. The Hall–Kier alpha value is -4.10. The predicted octanol–water partition coefficient (Wildman–Crippen LogP) is 3.51. The van der Waals surface area contributed by atoms with Crippen LogP contribution in [0.1, 0.15) is 49.0 Å². The first-order valence-corrected chi connectivity index (χ1v) is 12.9. The molecule has 0 aliphatic carbocycles. The normalized spacial score (nSPS) is 15.2. The molecule has 1 fully saturated rings. The highest BCUT2D eigenvalue weighted by Gasteiger charge is 2.29. The number of likely N-dealkylation sites (tertiary alicyclic amines) is 1. The number of nitriles is 1. The second-order valence-electron chi connectivity index (χ2n) is 8.98. The average molecular weight is 538 g/mol. The molecular formula is C27H28ClN5O5. The molecule has 0 radical (unpaired) electrons. The number of fused-ring (bicyclic) bond motifs is 1. The van der Waals surface area contributed by atoms with Crippen molar-refractivity contribution in [3.63, 3.8) is 0 Å². The first kappa shape index (κ1) is 26.9. The number of nitrogens with zero attached hydrogens (tertiary/aromatic N) is 4. The van der Waals surface area contributed by atoms with Gasteiger partial charge in [-0.1, -0.05) is 11.6 Å². The Bertz CT molecular complexity index is 1550. The number of ether oxygens (including phenoxy) is 1. The Morgan fingerprint density at radius 1 is 1.11 bits per heavy atom. The number of aryl methyl sites for hydroxylation is 1. The van der Waals surface area contributed by atoms with Gasteiger partial charge in [0.25, 0.3) is 11.5 Å². The lowest BCUT2D eigenvalue weighted by Crippen LogP contribution is -2.50. The molecule has 2 amide bonds. The molecule has 1 unspecified atom stereocenters. The molecule has 2 aromatic carbocycles. The summed E-state index contributed by atoms with van der Waals surface area (Å²) in [5.41, 5.74) is 0.270. The van der Waals surface area contributed by atoms with E-state index in [4.69, 9.17) is 21.6 Å². The second kappa shape index (κ2) is 11.5. The maximum atomic E-state index is 13.1. The molecule has 1 aliphatic rings. The molecule has 1 aliphatic heterocycles. The third-order valence-electron chi connectivity index (χ3n) is 6.75. The van der Waals surface area contributed by atoms with Crippen molar-refractivity contribution in [3.05, 3.63) is 73.4 Å². The third kappa shape index (κ3) is 5.29. The van der Waals surface area contributed by atoms with Crippen LogP contribution in [-0.2, 0) is 13.1 Å². The van der Waals surface area contributed by atoms with Crippen molar-refractivity contribution < 1.29 is 14.3 Å². The molecule has 3 aromatic rings. The molecule has 0 spiro atoms. The van der Waals surface area contributed by atoms with Gasteiger partial charge >= 0.3 is 11.8 Å². The quantitative estimate of drug-likeness (QED) is 0.512. The smallest absolute Gasteiger partial charge is 0.410 e. The Morgan fingerprint density at radius 2 is 1.87 bits per heavy atom. The minimum absolute atomic E-state index is 0.194. The van der Waals surface area contributed by atoms with E-state index in [9.17, 15) is 19.2 Å². The van der Waals surface area contributed by atoms with Crippen molar-refractivity contribution in [2.75, 3.05) is 13.1 Å². The van der Waals surface area contributed by atoms with Gasteiger partial charge in [-0.05, 0) is 69.5 Å². The van der Waals surface area contributed by atoms with Crippen molar-refractivity contribution in [2.24, 2.45) is 0 Å². The zero-order chi connectivity index (χ0) is 27.4. The Morgan fingerprint density at radius 3 is 2.55 bits per heavy atom. The fraction of sp³-hybridized carbons (Fsp3) is 0.370. The van der Waals surface area contributed by atoms with E-state index in [-0.39, 0.29) is 47.1 Å². The van der Waals surface area contributed by atoms with Gasteiger partial charge in [0.2, 0.25) is 0 Å². The molecule has 1 N–H and O–H groups in total. The largest absolute Gasteiger partial charge is 0.415 e. The van der Waals surface area contributed by atoms with Gasteiger partial charge in [-0.25, -0.2) is 9.59 Å². The van der Waals surface area contributed by atoms with Gasteiger partial charge in [-0.3, -0.25) is 18.7 Å². The standard InChI is InChI=1S/C27H28ClN5O5/c1-3-31-23-11-10-20(14-21(23)25(35)32(4-2)26(31)36)38-27(37)33-12-6-5-7-19(33)16-30-24(34)17-8-9-18(15-29)22(28)13-17/h8-11,13-14,19H,3-7,12,16H2,1-2H3,(H,30,34). The van der Waals surface area contributed by atoms with E-state index in [2.05, 4.69) is 5.32 Å². The number of carbonyl (C=O) groups is 2. The molecule has 10 nitrogen and oxygen atoms in total. The molecule has 0 bridgehead atoms. The zero-order valence-electron chi connectivity index (χ0n) is 21.2. The van der Waals surface area contributed by atoms with Gasteiger partial charge in [-0.2, -0.15) is 5.26 Å². The second-order valence-corrected chi connectivity index (χ2v) is 9.39. The van der Waals surface area contributed by atoms with Crippen LogP contribution in [0.4, 0.5) is 4.79 Å². The minimum Gasteiger partial charge on any atom is -0.410 e. The zero-order valence-corrected chi connectivity index (χ0v) is 22.0. The van der Waals surface area contributed by atoms with Crippen molar-refractivity contribution >= 4 is 34.5 Å². The highest BCUT2D eigenvalue weighted by molar-refractivity contribution is 6.32. The summed E-state index contributed by atoms with van der Waals surface area (Å²) < 4.78 is 8.31. The summed E-state index contributed by atoms with van der Waals surface area (Å²) in [7, 11) is 0. The molecule has 0 saturated carbocycles. The van der Waals surface area contributed by atoms with Crippen LogP contribution in [0.15, 0.2) is 46.0 Å². The Kier molecular flexibility index (Phi) is 8.17. The van der Waals surface area contributed by atoms with Crippen LogP contribution in [0.5, 0.6) is 5.75 Å². The van der Waals surface area contributed by atoms with E-state index in [1.165, 1.54) is 28.8 Å². The number of piperidine rings is 1. The van der Waals surface area contributed by atoms with Crippen molar-refractivity contribution in [1.29, 1.82) is 5.26 Å². The fourth-order valence-electron chi connectivity index (χ4n) is 4.72. The highest BCUT2D eigenvalue weighted by Crippen LogP contribution is 2.22. The van der Waals surface area contributed by atoms with Crippen molar-refractivity contribution in [3.8, 4) is 11.8 Å². The number of carbonyl (C=O) groups excluding carboxylic acids is 2. The lowest BCUT2D eigenvalue weighted by molar-refractivity contribution is 0.0896. The summed E-state index contributed by atoms with van der Waals surface area (Å²) in [5.74, 6) is -0.164. The van der Waals surface area contributed by atoms with Gasteiger partial charge in [0.15, 0.2) is 0 Å². The molecule has 1 atom stereocenters. The fourth-order valence-corrected chi connectivity index (χ4v) is 4.95. The maximum Gasteiger partial charge on any atom is 0.415 e. The first-order chi connectivity index (χ1) is 18.3. The van der Waals surface area contributed by atoms with Crippen LogP contribution in [0.25, 0.3) is 10.9 Å². The van der Waals surface area contributed by atoms with Gasteiger partial charge in [0.1, 0.15) is 11.8 Å². The van der Waals surface area contributed by atoms with Crippen molar-refractivity contribution in [2.45, 2.75) is 52.2 Å². The summed E-state index contributed by atoms with van der Waals surface area (Å²) >= 11 is 6.04. The summed E-state index contributed by atoms with van der Waals surface area (Å²) in [6.45, 7) is 4.85. The van der Waals surface area contributed by atoms with Crippen LogP contribution in [-0.4, -0.2) is 45.2 Å². The first-order valence-electron chi connectivity index (χ1n) is 12.5. The summed E-state index contributed by atoms with van der Waals surface area (Å²) in [6, 6.07) is 10.8. The molecule has 198 valence electrons. The summed E-state index contributed by atoms with van der Waals surface area (Å²) in [5, 5.41) is 12.3. The number of nitrogens with one attached hydrogen (secondary N) is 1. The Balaban J connectivity index is 1.50. The monoisotopic (exact) mass is 537 g/mol. The third-order valence-corrected chi connectivity index (χ3v) is 7.06.